The summed E-state index contributed by atoms with van der Waals surface area (Å²) in [4.78, 5) is 17.0. The Bertz CT molecular complexity index is 951. The smallest absolute Gasteiger partial charge is 0.253 e. The summed E-state index contributed by atoms with van der Waals surface area (Å²) in [5, 5.41) is 13.8. The van der Waals surface area contributed by atoms with Crippen molar-refractivity contribution in [3.8, 4) is 0 Å². The van der Waals surface area contributed by atoms with Crippen molar-refractivity contribution < 1.29 is 14.6 Å². The summed E-state index contributed by atoms with van der Waals surface area (Å²) < 4.78 is 5.69. The van der Waals surface area contributed by atoms with Gasteiger partial charge in [0.2, 0.25) is 0 Å². The number of aliphatic hydroxyl groups is 1. The van der Waals surface area contributed by atoms with Gasteiger partial charge in [0.25, 0.3) is 5.91 Å². The number of likely N-dealkylation sites (tertiary alicyclic amines) is 1. The molecule has 1 atom stereocenters. The summed E-state index contributed by atoms with van der Waals surface area (Å²) in [6.45, 7) is 5.90. The number of amides is 1. The molecule has 2 aromatic rings. The molecule has 2 aromatic carbocycles. The van der Waals surface area contributed by atoms with Gasteiger partial charge in [0.1, 0.15) is 0 Å². The van der Waals surface area contributed by atoms with Gasteiger partial charge in [0.05, 0.1) is 6.10 Å². The van der Waals surface area contributed by atoms with Crippen LogP contribution in [0.2, 0.25) is 0 Å². The Morgan fingerprint density at radius 1 is 0.971 bits per heavy atom. The number of benzene rings is 2. The highest BCUT2D eigenvalue weighted by Crippen LogP contribution is 2.34. The van der Waals surface area contributed by atoms with E-state index in [9.17, 15) is 9.90 Å². The van der Waals surface area contributed by atoms with Crippen LogP contribution in [0.3, 0.4) is 0 Å². The molecule has 3 aliphatic heterocycles. The van der Waals surface area contributed by atoms with Crippen LogP contribution in [-0.4, -0.2) is 74.0 Å². The fraction of sp³-hybridized carbons (Fsp3) is 0.552. The lowest BCUT2D eigenvalue weighted by Gasteiger charge is -2.41. The van der Waals surface area contributed by atoms with Crippen molar-refractivity contribution in [1.82, 2.24) is 10.2 Å². The van der Waals surface area contributed by atoms with Crippen molar-refractivity contribution >= 4 is 11.6 Å². The van der Waals surface area contributed by atoms with E-state index in [1.165, 1.54) is 11.3 Å². The standard InChI is InChI=1S/C29H39N3O3/c33-27-7-4-16-32(21-27)28(34)23-8-10-26(11-9-23)31-17-12-25(13-18-31)30-22-29(14-19-35-20-15-29)24-5-2-1-3-6-24/h1-3,5-6,8-11,25,27,30,33H,4,7,12-22H2/t27-/m1/s1. The van der Waals surface area contributed by atoms with E-state index in [0.29, 0.717) is 18.2 Å². The minimum Gasteiger partial charge on any atom is -0.391 e. The van der Waals surface area contributed by atoms with E-state index in [2.05, 4.69) is 52.7 Å². The molecule has 0 aliphatic carbocycles. The minimum atomic E-state index is -0.393. The molecule has 0 saturated carbocycles. The van der Waals surface area contributed by atoms with Crippen molar-refractivity contribution in [3.63, 3.8) is 0 Å². The van der Waals surface area contributed by atoms with Crippen molar-refractivity contribution in [1.29, 1.82) is 0 Å². The fourth-order valence-electron chi connectivity index (χ4n) is 5.94. The summed E-state index contributed by atoms with van der Waals surface area (Å²) in [5.74, 6) is 0.0265. The molecular formula is C29H39N3O3. The largest absolute Gasteiger partial charge is 0.391 e. The average molecular weight is 478 g/mol. The number of hydrogen-bond acceptors (Lipinski definition) is 5. The van der Waals surface area contributed by atoms with Crippen LogP contribution < -0.4 is 10.2 Å². The molecule has 3 aliphatic rings. The molecule has 35 heavy (non-hydrogen) atoms. The van der Waals surface area contributed by atoms with E-state index in [1.807, 2.05) is 12.1 Å². The van der Waals surface area contributed by atoms with Crippen LogP contribution in [0, 0.1) is 0 Å². The van der Waals surface area contributed by atoms with Crippen molar-refractivity contribution in [2.75, 3.05) is 50.8 Å². The lowest BCUT2D eigenvalue weighted by molar-refractivity contribution is 0.0473. The van der Waals surface area contributed by atoms with Gasteiger partial charge in [-0.3, -0.25) is 4.79 Å². The van der Waals surface area contributed by atoms with Gasteiger partial charge in [-0.15, -0.1) is 0 Å². The van der Waals surface area contributed by atoms with Gasteiger partial charge in [0, 0.05) is 68.6 Å². The second kappa shape index (κ2) is 11.1. The number of aliphatic hydroxyl groups excluding tert-OH is 1. The molecular weight excluding hydrogens is 438 g/mol. The van der Waals surface area contributed by atoms with Gasteiger partial charge in [0.15, 0.2) is 0 Å². The highest BCUT2D eigenvalue weighted by Gasteiger charge is 2.35. The Labute approximate surface area is 209 Å². The van der Waals surface area contributed by atoms with E-state index in [1.54, 1.807) is 4.90 Å². The van der Waals surface area contributed by atoms with Crippen molar-refractivity contribution in [2.45, 2.75) is 56.1 Å². The summed E-state index contributed by atoms with van der Waals surface area (Å²) in [7, 11) is 0. The first-order chi connectivity index (χ1) is 17.1. The first kappa shape index (κ1) is 24.3. The number of β-amino-alcohol motifs (C(OH)–C–C–N with tert-alkyl or cyclic N) is 1. The predicted molar refractivity (Wildman–Crippen MR) is 139 cm³/mol. The molecule has 5 rings (SSSR count). The topological polar surface area (TPSA) is 65.0 Å². The zero-order valence-electron chi connectivity index (χ0n) is 20.7. The van der Waals surface area contributed by atoms with E-state index in [0.717, 1.165) is 77.9 Å². The van der Waals surface area contributed by atoms with Gasteiger partial charge in [-0.1, -0.05) is 30.3 Å². The maximum Gasteiger partial charge on any atom is 0.253 e. The molecule has 3 saturated heterocycles. The second-order valence-electron chi connectivity index (χ2n) is 10.5. The zero-order chi connectivity index (χ0) is 24.1. The van der Waals surface area contributed by atoms with Gasteiger partial charge in [-0.2, -0.15) is 0 Å². The molecule has 3 fully saturated rings. The number of rotatable bonds is 6. The Balaban J connectivity index is 1.14. The molecule has 2 N–H and O–H groups in total. The third-order valence-electron chi connectivity index (χ3n) is 8.22. The number of nitrogens with one attached hydrogen (secondary N) is 1. The van der Waals surface area contributed by atoms with E-state index < -0.39 is 6.10 Å². The third kappa shape index (κ3) is 5.71. The number of hydrogen-bond donors (Lipinski definition) is 2. The van der Waals surface area contributed by atoms with Gasteiger partial charge in [-0.25, -0.2) is 0 Å². The Morgan fingerprint density at radius 3 is 2.37 bits per heavy atom. The van der Waals surface area contributed by atoms with Crippen LogP contribution in [0.1, 0.15) is 54.4 Å². The minimum absolute atomic E-state index is 0.0265. The fourth-order valence-corrected chi connectivity index (χ4v) is 5.94. The molecule has 0 radical (unpaired) electrons. The molecule has 0 aromatic heterocycles. The number of piperidine rings is 2. The van der Waals surface area contributed by atoms with Gasteiger partial charge < -0.3 is 25.0 Å². The Morgan fingerprint density at radius 2 is 1.69 bits per heavy atom. The first-order valence-electron chi connectivity index (χ1n) is 13.3. The number of carbonyl (C=O) groups excluding carboxylic acids is 1. The maximum absolute atomic E-state index is 12.8. The van der Waals surface area contributed by atoms with Gasteiger partial charge in [-0.05, 0) is 68.4 Å². The maximum atomic E-state index is 12.8. The van der Waals surface area contributed by atoms with Crippen LogP contribution in [0.5, 0.6) is 0 Å². The number of ether oxygens (including phenoxy) is 1. The molecule has 0 spiro atoms. The lowest BCUT2D eigenvalue weighted by atomic mass is 9.74. The first-order valence-corrected chi connectivity index (χ1v) is 13.3. The van der Waals surface area contributed by atoms with Crippen LogP contribution in [-0.2, 0) is 10.2 Å². The summed E-state index contributed by atoms with van der Waals surface area (Å²) in [6, 6.07) is 19.5. The summed E-state index contributed by atoms with van der Waals surface area (Å²) in [6.07, 6.45) is 5.65. The van der Waals surface area contributed by atoms with Crippen LogP contribution in [0.4, 0.5) is 5.69 Å². The number of carbonyl (C=O) groups is 1. The van der Waals surface area contributed by atoms with Crippen LogP contribution >= 0.6 is 0 Å². The molecule has 6 nitrogen and oxygen atoms in total. The highest BCUT2D eigenvalue weighted by molar-refractivity contribution is 5.94. The molecule has 0 bridgehead atoms. The van der Waals surface area contributed by atoms with Crippen molar-refractivity contribution in [3.05, 3.63) is 65.7 Å². The number of nitrogens with zero attached hydrogens (tertiary/aromatic N) is 2. The lowest BCUT2D eigenvalue weighted by Crippen LogP contribution is -2.49. The molecule has 6 heteroatoms. The Kier molecular flexibility index (Phi) is 7.71. The Hall–Kier alpha value is -2.41. The van der Waals surface area contributed by atoms with Crippen LogP contribution in [0.15, 0.2) is 54.6 Å². The van der Waals surface area contributed by atoms with Crippen LogP contribution in [0.25, 0.3) is 0 Å². The SMILES string of the molecule is O=C(c1ccc(N2CCC(NCC3(c4ccccc4)CCOCC3)CC2)cc1)N1CCC[C@@H](O)C1. The third-order valence-corrected chi connectivity index (χ3v) is 8.22. The molecule has 1 amide bonds. The summed E-state index contributed by atoms with van der Waals surface area (Å²) in [5.41, 5.74) is 3.50. The van der Waals surface area contributed by atoms with E-state index in [4.69, 9.17) is 4.74 Å². The monoisotopic (exact) mass is 477 g/mol. The van der Waals surface area contributed by atoms with E-state index in [-0.39, 0.29) is 11.3 Å². The highest BCUT2D eigenvalue weighted by atomic mass is 16.5. The van der Waals surface area contributed by atoms with Gasteiger partial charge >= 0.3 is 0 Å². The molecule has 188 valence electrons. The predicted octanol–water partition coefficient (Wildman–Crippen LogP) is 3.59. The average Bonchev–Trinajstić information content (AvgIpc) is 2.93. The molecule has 0 unspecified atom stereocenters. The van der Waals surface area contributed by atoms with Crippen molar-refractivity contribution in [2.24, 2.45) is 0 Å². The zero-order valence-corrected chi connectivity index (χ0v) is 20.7. The quantitative estimate of drug-likeness (QED) is 0.666. The second-order valence-corrected chi connectivity index (χ2v) is 10.5. The number of anilines is 1. The summed E-state index contributed by atoms with van der Waals surface area (Å²) >= 11 is 0. The normalized spacial score (nSPS) is 23.3. The van der Waals surface area contributed by atoms with E-state index >= 15 is 0 Å². The molecule has 3 heterocycles.